The summed E-state index contributed by atoms with van der Waals surface area (Å²) in [7, 11) is 0. The lowest BCUT2D eigenvalue weighted by atomic mass is 9.98. The molecular weight excluding hydrogens is 1300 g/mol. The highest BCUT2D eigenvalue weighted by atomic mass is 32.1. The van der Waals surface area contributed by atoms with E-state index in [2.05, 4.69) is 347 Å². The highest BCUT2D eigenvalue weighted by molar-refractivity contribution is 7.26. The lowest BCUT2D eigenvalue weighted by Gasteiger charge is -2.14. The van der Waals surface area contributed by atoms with Crippen molar-refractivity contribution >= 4 is 160 Å². The van der Waals surface area contributed by atoms with E-state index in [-0.39, 0.29) is 0 Å². The van der Waals surface area contributed by atoms with Gasteiger partial charge in [0.2, 0.25) is 5.95 Å². The molecule has 15 aromatic carbocycles. The summed E-state index contributed by atoms with van der Waals surface area (Å²) in [6, 6.07) is 123. The SMILES string of the molecule is c1cc(-c2ccc(-c3cccc(-n4c5ccccc5c5cc(-c6ccc7sc8ccccc8c7c6)ccc54)c3)cc2)cc(-c2cc(-n3c4ccccc4c4cc(-c5ccc6sc7ccccc7c6c5)ccc43)nc(-n3c4ccccc4c4cc(-c5ccc6sc7ccccc7c6c5)ccc43)n2)c1. The maximum absolute atomic E-state index is 5.74. The van der Waals surface area contributed by atoms with Gasteiger partial charge in [0.1, 0.15) is 5.82 Å². The largest absolute Gasteiger partial charge is 0.309 e. The summed E-state index contributed by atoms with van der Waals surface area (Å²) < 4.78 is 14.9. The molecule has 102 heavy (non-hydrogen) atoms. The molecule has 5 nitrogen and oxygen atoms in total. The molecule has 7 aromatic heterocycles. The zero-order valence-corrected chi connectivity index (χ0v) is 57.2. The third-order valence-electron chi connectivity index (χ3n) is 21.1. The number of fused-ring (bicyclic) bond motifs is 18. The maximum Gasteiger partial charge on any atom is 0.237 e. The van der Waals surface area contributed by atoms with Gasteiger partial charge < -0.3 is 4.57 Å². The van der Waals surface area contributed by atoms with Crippen molar-refractivity contribution < 1.29 is 0 Å². The second kappa shape index (κ2) is 22.5. The summed E-state index contributed by atoms with van der Waals surface area (Å²) >= 11 is 5.57. The fourth-order valence-electron chi connectivity index (χ4n) is 16.2. The van der Waals surface area contributed by atoms with Crippen LogP contribution in [-0.4, -0.2) is 23.7 Å². The fourth-order valence-corrected chi connectivity index (χ4v) is 19.5. The van der Waals surface area contributed by atoms with Crippen molar-refractivity contribution in [1.82, 2.24) is 23.7 Å². The summed E-state index contributed by atoms with van der Waals surface area (Å²) in [5, 5.41) is 14.9. The maximum atomic E-state index is 5.74. The Balaban J connectivity index is 0.654. The van der Waals surface area contributed by atoms with Gasteiger partial charge in [-0.15, -0.1) is 34.0 Å². The monoisotopic (exact) mass is 1350 g/mol. The van der Waals surface area contributed by atoms with Crippen molar-refractivity contribution in [2.24, 2.45) is 0 Å². The standard InChI is InChI=1S/C94H55N5S3/c1-7-25-81-68(19-1)74-49-60(63-38-44-90-77(52-63)71-22-4-10-28-87(71)100-90)35-41-84(74)97(81)67-18-14-16-59(48-67)57-33-31-56(32-34-57)58-15-13-17-66(47-58)80-55-93(98-82-26-8-2-20-69(82)75-50-61(36-42-85(75)98)64-39-45-91-78(53-64)72-23-5-11-29-88(72)101-91)96-94(95-80)99-83-27-9-3-21-70(83)76-51-62(37-43-86(76)99)65-40-46-92-79(54-65)73-24-6-12-30-89(73)102-92/h1-55H. The lowest BCUT2D eigenvalue weighted by molar-refractivity contribution is 0.952. The third kappa shape index (κ3) is 9.00. The van der Waals surface area contributed by atoms with Gasteiger partial charge in [0, 0.05) is 110 Å². The lowest BCUT2D eigenvalue weighted by Crippen LogP contribution is -2.07. The Hall–Kier alpha value is -12.6. The van der Waals surface area contributed by atoms with E-state index in [1.165, 1.54) is 110 Å². The number of thiophene rings is 3. The summed E-state index contributed by atoms with van der Waals surface area (Å²) in [6.45, 7) is 0. The first kappa shape index (κ1) is 57.4. The molecular formula is C94H55N5S3. The third-order valence-corrected chi connectivity index (χ3v) is 24.5. The quantitative estimate of drug-likeness (QED) is 0.144. The molecule has 0 fully saturated rings. The van der Waals surface area contributed by atoms with Crippen LogP contribution < -0.4 is 0 Å². The number of hydrogen-bond donors (Lipinski definition) is 0. The smallest absolute Gasteiger partial charge is 0.237 e. The van der Waals surface area contributed by atoms with Crippen LogP contribution >= 0.6 is 34.0 Å². The van der Waals surface area contributed by atoms with Crippen molar-refractivity contribution in [1.29, 1.82) is 0 Å². The van der Waals surface area contributed by atoms with Gasteiger partial charge in [-0.05, 0) is 183 Å². The Kier molecular flexibility index (Phi) is 12.6. The van der Waals surface area contributed by atoms with Crippen LogP contribution in [0.15, 0.2) is 334 Å². The second-order valence-electron chi connectivity index (χ2n) is 26.8. The van der Waals surface area contributed by atoms with Crippen molar-refractivity contribution in [3.63, 3.8) is 0 Å². The van der Waals surface area contributed by atoms with E-state index in [9.17, 15) is 0 Å². The molecule has 0 radical (unpaired) electrons. The van der Waals surface area contributed by atoms with E-state index in [1.54, 1.807) is 0 Å². The molecule has 8 heteroatoms. The average molecular weight is 1350 g/mol. The minimum absolute atomic E-state index is 0.593. The first-order chi connectivity index (χ1) is 50.5. The van der Waals surface area contributed by atoms with Gasteiger partial charge in [-0.1, -0.05) is 200 Å². The van der Waals surface area contributed by atoms with Crippen molar-refractivity contribution in [2.75, 3.05) is 0 Å². The number of aromatic nitrogens is 5. The molecule has 22 rings (SSSR count). The molecule has 0 spiro atoms. The minimum Gasteiger partial charge on any atom is -0.309 e. The number of rotatable bonds is 9. The van der Waals surface area contributed by atoms with Crippen LogP contribution in [0.1, 0.15) is 0 Å². The van der Waals surface area contributed by atoms with Crippen LogP contribution in [0.3, 0.4) is 0 Å². The van der Waals surface area contributed by atoms with Crippen LogP contribution in [0.5, 0.6) is 0 Å². The molecule has 0 aliphatic carbocycles. The Bertz CT molecular complexity index is 7030. The summed E-state index contributed by atoms with van der Waals surface area (Å²) in [4.78, 5) is 11.4. The van der Waals surface area contributed by atoms with Gasteiger partial charge >= 0.3 is 0 Å². The molecule has 0 aliphatic rings. The molecule has 0 amide bonds. The Morgan fingerprint density at radius 3 is 0.990 bits per heavy atom. The molecule has 0 bridgehead atoms. The molecule has 7 heterocycles. The zero-order chi connectivity index (χ0) is 66.7. The molecule has 22 aromatic rings. The van der Waals surface area contributed by atoms with E-state index in [0.29, 0.717) is 5.95 Å². The van der Waals surface area contributed by atoms with E-state index < -0.39 is 0 Å². The molecule has 0 aliphatic heterocycles. The van der Waals surface area contributed by atoms with Gasteiger partial charge in [-0.25, -0.2) is 4.98 Å². The summed E-state index contributed by atoms with van der Waals surface area (Å²) in [6.07, 6.45) is 0. The van der Waals surface area contributed by atoms with E-state index in [1.807, 2.05) is 34.0 Å². The predicted octanol–water partition coefficient (Wildman–Crippen LogP) is 26.9. The number of para-hydroxylation sites is 3. The highest BCUT2D eigenvalue weighted by Gasteiger charge is 2.23. The van der Waals surface area contributed by atoms with Crippen molar-refractivity contribution in [2.45, 2.75) is 0 Å². The van der Waals surface area contributed by atoms with Crippen LogP contribution in [-0.2, 0) is 0 Å². The Morgan fingerprint density at radius 2 is 0.510 bits per heavy atom. The summed E-state index contributed by atoms with van der Waals surface area (Å²) in [5.74, 6) is 1.37. The van der Waals surface area contributed by atoms with Gasteiger partial charge in [0.05, 0.1) is 38.8 Å². The first-order valence-electron chi connectivity index (χ1n) is 34.6. The molecule has 0 atom stereocenters. The topological polar surface area (TPSA) is 40.6 Å². The number of benzene rings is 15. The highest BCUT2D eigenvalue weighted by Crippen LogP contribution is 2.45. The van der Waals surface area contributed by atoms with Crippen molar-refractivity contribution in [3.8, 4) is 84.3 Å². The van der Waals surface area contributed by atoms with Crippen LogP contribution in [0.4, 0.5) is 0 Å². The molecule has 0 unspecified atom stereocenters. The first-order valence-corrected chi connectivity index (χ1v) is 37.0. The van der Waals surface area contributed by atoms with Gasteiger partial charge in [0.15, 0.2) is 0 Å². The van der Waals surface area contributed by atoms with E-state index in [0.717, 1.165) is 94.2 Å². The predicted molar refractivity (Wildman–Crippen MR) is 436 cm³/mol. The van der Waals surface area contributed by atoms with E-state index >= 15 is 0 Å². The van der Waals surface area contributed by atoms with Crippen LogP contribution in [0.2, 0.25) is 0 Å². The average Bonchev–Trinajstić information content (AvgIpc) is 1.58. The Morgan fingerprint density at radius 1 is 0.186 bits per heavy atom. The zero-order valence-electron chi connectivity index (χ0n) is 54.7. The minimum atomic E-state index is 0.593. The fraction of sp³-hybridized carbons (Fsp3) is 0. The molecule has 0 saturated heterocycles. The number of hydrogen-bond acceptors (Lipinski definition) is 5. The molecule has 0 saturated carbocycles. The van der Waals surface area contributed by atoms with Gasteiger partial charge in [-0.3, -0.25) is 9.13 Å². The molecule has 474 valence electrons. The Labute approximate surface area is 597 Å². The van der Waals surface area contributed by atoms with Crippen LogP contribution in [0.25, 0.3) is 210 Å². The van der Waals surface area contributed by atoms with E-state index in [4.69, 9.17) is 9.97 Å². The van der Waals surface area contributed by atoms with Gasteiger partial charge in [-0.2, -0.15) is 4.98 Å². The summed E-state index contributed by atoms with van der Waals surface area (Å²) in [5.41, 5.74) is 21.2. The normalized spacial score (nSPS) is 12.1. The van der Waals surface area contributed by atoms with Crippen molar-refractivity contribution in [3.05, 3.63) is 334 Å². The number of nitrogens with zero attached hydrogens (tertiary/aromatic N) is 5. The second-order valence-corrected chi connectivity index (χ2v) is 30.1. The van der Waals surface area contributed by atoms with Crippen LogP contribution in [0, 0.1) is 0 Å². The van der Waals surface area contributed by atoms with Gasteiger partial charge in [0.25, 0.3) is 0 Å². The molecule has 0 N–H and O–H groups in total.